The molecule has 0 radical (unpaired) electrons. The Kier molecular flexibility index (Phi) is 7.20. The van der Waals surface area contributed by atoms with Crippen molar-refractivity contribution in [3.8, 4) is 0 Å². The first kappa shape index (κ1) is 19.8. The van der Waals surface area contributed by atoms with Crippen molar-refractivity contribution < 1.29 is 24.2 Å². The van der Waals surface area contributed by atoms with Crippen LogP contribution in [0.5, 0.6) is 0 Å². The number of ether oxygens (including phenoxy) is 2. The molecular formula is C20H28N2O5. The molecule has 0 bridgehead atoms. The van der Waals surface area contributed by atoms with Crippen molar-refractivity contribution in [1.29, 1.82) is 0 Å². The van der Waals surface area contributed by atoms with Crippen LogP contribution in [0.2, 0.25) is 0 Å². The van der Waals surface area contributed by atoms with Crippen LogP contribution in [-0.2, 0) is 19.1 Å². The van der Waals surface area contributed by atoms with Crippen LogP contribution < -0.4 is 10.6 Å². The Morgan fingerprint density at radius 1 is 1.07 bits per heavy atom. The molecule has 0 aromatic heterocycles. The Morgan fingerprint density at radius 2 is 1.81 bits per heavy atom. The monoisotopic (exact) mass is 376 g/mol. The molecule has 2 fully saturated rings. The van der Waals surface area contributed by atoms with Crippen LogP contribution in [0.1, 0.15) is 32.1 Å². The van der Waals surface area contributed by atoms with Gasteiger partial charge in [-0.2, -0.15) is 0 Å². The molecular weight excluding hydrogens is 348 g/mol. The minimum Gasteiger partial charge on any atom is -0.394 e. The number of para-hydroxylation sites is 1. The highest BCUT2D eigenvalue weighted by molar-refractivity contribution is 5.91. The first-order chi connectivity index (χ1) is 13.2. The van der Waals surface area contributed by atoms with Gasteiger partial charge >= 0.3 is 0 Å². The van der Waals surface area contributed by atoms with Gasteiger partial charge in [0.25, 0.3) is 0 Å². The fraction of sp³-hybridized carbons (Fsp3) is 0.600. The summed E-state index contributed by atoms with van der Waals surface area (Å²) >= 11 is 0. The summed E-state index contributed by atoms with van der Waals surface area (Å²) in [6, 6.07) is 9.05. The molecule has 0 saturated carbocycles. The number of anilines is 1. The minimum absolute atomic E-state index is 0.00520. The first-order valence-electron chi connectivity index (χ1n) is 9.65. The summed E-state index contributed by atoms with van der Waals surface area (Å²) in [5, 5.41) is 15.5. The van der Waals surface area contributed by atoms with Gasteiger partial charge in [0, 0.05) is 24.8 Å². The van der Waals surface area contributed by atoms with Gasteiger partial charge in [-0.15, -0.1) is 0 Å². The Balaban J connectivity index is 1.47. The minimum atomic E-state index is -0.489. The molecule has 2 saturated heterocycles. The fourth-order valence-corrected chi connectivity index (χ4v) is 3.65. The molecule has 0 unspecified atom stereocenters. The van der Waals surface area contributed by atoms with E-state index in [1.54, 1.807) is 0 Å². The van der Waals surface area contributed by atoms with E-state index in [9.17, 15) is 14.7 Å². The van der Waals surface area contributed by atoms with Crippen LogP contribution in [0.4, 0.5) is 5.69 Å². The number of carbonyl (C=O) groups is 2. The van der Waals surface area contributed by atoms with Crippen LogP contribution in [0.3, 0.4) is 0 Å². The Labute approximate surface area is 159 Å². The molecule has 0 aliphatic carbocycles. The molecule has 2 amide bonds. The van der Waals surface area contributed by atoms with Gasteiger partial charge in [-0.1, -0.05) is 18.2 Å². The van der Waals surface area contributed by atoms with Gasteiger partial charge in [0.2, 0.25) is 11.8 Å². The third-order valence-corrected chi connectivity index (χ3v) is 5.19. The summed E-state index contributed by atoms with van der Waals surface area (Å²) in [6.45, 7) is 1.04. The quantitative estimate of drug-likeness (QED) is 0.699. The number of amides is 2. The SMILES string of the molecule is O=C(C[C@H]1CC[C@@H](NC(=O)C2CCOCC2)[C@H](CO)O1)Nc1ccccc1. The van der Waals surface area contributed by atoms with E-state index in [1.807, 2.05) is 30.3 Å². The van der Waals surface area contributed by atoms with Gasteiger partial charge in [0.05, 0.1) is 25.2 Å². The highest BCUT2D eigenvalue weighted by atomic mass is 16.5. The number of aliphatic hydroxyl groups excluding tert-OH is 1. The Hall–Kier alpha value is -1.96. The van der Waals surface area contributed by atoms with Crippen molar-refractivity contribution in [1.82, 2.24) is 5.32 Å². The zero-order valence-electron chi connectivity index (χ0n) is 15.4. The summed E-state index contributed by atoms with van der Waals surface area (Å²) in [5.41, 5.74) is 0.749. The number of hydrogen-bond donors (Lipinski definition) is 3. The van der Waals surface area contributed by atoms with E-state index in [-0.39, 0.29) is 42.9 Å². The number of aliphatic hydroxyl groups is 1. The Morgan fingerprint density at radius 3 is 2.52 bits per heavy atom. The average molecular weight is 376 g/mol. The van der Waals surface area contributed by atoms with E-state index in [2.05, 4.69) is 10.6 Å². The number of hydrogen-bond acceptors (Lipinski definition) is 5. The molecule has 27 heavy (non-hydrogen) atoms. The van der Waals surface area contributed by atoms with Crippen molar-refractivity contribution in [3.63, 3.8) is 0 Å². The van der Waals surface area contributed by atoms with Crippen molar-refractivity contribution in [2.24, 2.45) is 5.92 Å². The van der Waals surface area contributed by atoms with Crippen molar-refractivity contribution in [3.05, 3.63) is 30.3 Å². The van der Waals surface area contributed by atoms with E-state index in [4.69, 9.17) is 9.47 Å². The maximum atomic E-state index is 12.4. The van der Waals surface area contributed by atoms with Crippen molar-refractivity contribution in [2.45, 2.75) is 50.4 Å². The maximum absolute atomic E-state index is 12.4. The predicted octanol–water partition coefficient (Wildman–Crippen LogP) is 1.47. The summed E-state index contributed by atoms with van der Waals surface area (Å²) in [5.74, 6) is -0.148. The highest BCUT2D eigenvalue weighted by Gasteiger charge is 2.34. The molecule has 2 heterocycles. The molecule has 3 rings (SSSR count). The van der Waals surface area contributed by atoms with Crippen molar-refractivity contribution in [2.75, 3.05) is 25.1 Å². The van der Waals surface area contributed by atoms with Gasteiger partial charge < -0.3 is 25.2 Å². The lowest BCUT2D eigenvalue weighted by Crippen LogP contribution is -2.52. The molecule has 1 aromatic carbocycles. The van der Waals surface area contributed by atoms with Crippen LogP contribution in [0.15, 0.2) is 30.3 Å². The molecule has 0 spiro atoms. The zero-order valence-corrected chi connectivity index (χ0v) is 15.4. The molecule has 1 aromatic rings. The fourth-order valence-electron chi connectivity index (χ4n) is 3.65. The molecule has 7 heteroatoms. The van der Waals surface area contributed by atoms with E-state index in [1.165, 1.54) is 0 Å². The maximum Gasteiger partial charge on any atom is 0.226 e. The summed E-state index contributed by atoms with van der Waals surface area (Å²) < 4.78 is 11.2. The average Bonchev–Trinajstić information content (AvgIpc) is 2.70. The molecule has 7 nitrogen and oxygen atoms in total. The van der Waals surface area contributed by atoms with Crippen LogP contribution in [-0.4, -0.2) is 55.0 Å². The van der Waals surface area contributed by atoms with Crippen LogP contribution in [0.25, 0.3) is 0 Å². The van der Waals surface area contributed by atoms with E-state index < -0.39 is 6.10 Å². The predicted molar refractivity (Wildman–Crippen MR) is 100 cm³/mol. The zero-order chi connectivity index (χ0) is 19.1. The molecule has 3 N–H and O–H groups in total. The lowest BCUT2D eigenvalue weighted by molar-refractivity contribution is -0.137. The second-order valence-corrected chi connectivity index (χ2v) is 7.18. The lowest BCUT2D eigenvalue weighted by atomic mass is 9.94. The molecule has 2 aliphatic rings. The third-order valence-electron chi connectivity index (χ3n) is 5.19. The first-order valence-corrected chi connectivity index (χ1v) is 9.65. The number of nitrogens with one attached hydrogen (secondary N) is 2. The number of rotatable bonds is 6. The second-order valence-electron chi connectivity index (χ2n) is 7.18. The summed E-state index contributed by atoms with van der Waals surface area (Å²) in [6.07, 6.45) is 2.28. The van der Waals surface area contributed by atoms with Crippen molar-refractivity contribution >= 4 is 17.5 Å². The van der Waals surface area contributed by atoms with E-state index in [0.29, 0.717) is 26.1 Å². The third kappa shape index (κ3) is 5.76. The Bertz CT molecular complexity index is 618. The second kappa shape index (κ2) is 9.82. The normalized spacial score (nSPS) is 26.3. The highest BCUT2D eigenvalue weighted by Crippen LogP contribution is 2.24. The van der Waals surface area contributed by atoms with Gasteiger partial charge in [0.1, 0.15) is 6.10 Å². The van der Waals surface area contributed by atoms with E-state index >= 15 is 0 Å². The summed E-state index contributed by atoms with van der Waals surface area (Å²) in [4.78, 5) is 24.6. The van der Waals surface area contributed by atoms with Gasteiger partial charge in [-0.25, -0.2) is 0 Å². The number of carbonyl (C=O) groups excluding carboxylic acids is 2. The van der Waals surface area contributed by atoms with Gasteiger partial charge in [-0.05, 0) is 37.8 Å². The lowest BCUT2D eigenvalue weighted by Gasteiger charge is -2.37. The summed E-state index contributed by atoms with van der Waals surface area (Å²) in [7, 11) is 0. The number of benzene rings is 1. The van der Waals surface area contributed by atoms with E-state index in [0.717, 1.165) is 18.5 Å². The van der Waals surface area contributed by atoms with Gasteiger partial charge in [0.15, 0.2) is 0 Å². The largest absolute Gasteiger partial charge is 0.394 e. The van der Waals surface area contributed by atoms with Gasteiger partial charge in [-0.3, -0.25) is 9.59 Å². The van der Waals surface area contributed by atoms with Crippen LogP contribution in [0, 0.1) is 5.92 Å². The standard InChI is InChI=1S/C20H28N2O5/c23-13-18-17(22-20(25)14-8-10-26-11-9-14)7-6-16(27-18)12-19(24)21-15-4-2-1-3-5-15/h1-5,14,16-18,23H,6-13H2,(H,21,24)(H,22,25)/t16-,17-,18+/m1/s1. The molecule has 148 valence electrons. The molecule has 2 aliphatic heterocycles. The topological polar surface area (TPSA) is 96.9 Å². The smallest absolute Gasteiger partial charge is 0.226 e. The van der Waals surface area contributed by atoms with Crippen LogP contribution >= 0.6 is 0 Å². The molecule has 3 atom stereocenters.